The molecule has 0 saturated carbocycles. The Morgan fingerprint density at radius 1 is 0.200 bits per heavy atom. The second-order valence-corrected chi connectivity index (χ2v) is 25.2. The van der Waals surface area contributed by atoms with E-state index < -0.39 is 0 Å². The summed E-state index contributed by atoms with van der Waals surface area (Å²) in [5.74, 6) is 0. The molecule has 17 aromatic rings. The van der Waals surface area contributed by atoms with Gasteiger partial charge in [0.25, 0.3) is 0 Å². The minimum absolute atomic E-state index is 0.304. The van der Waals surface area contributed by atoms with Crippen molar-refractivity contribution in [1.29, 1.82) is 0 Å². The Kier molecular flexibility index (Phi) is 9.82. The first kappa shape index (κ1) is 48.8. The number of aromatic nitrogens is 3. The first-order valence-corrected chi connectivity index (χ1v) is 31.7. The number of hydrogen-bond acceptors (Lipinski definition) is 0. The van der Waals surface area contributed by atoms with Crippen LogP contribution < -0.4 is 49.2 Å². The first-order chi connectivity index (χ1) is 44.7. The molecule has 14 aromatic carbocycles. The van der Waals surface area contributed by atoms with Gasteiger partial charge in [0.2, 0.25) is 20.1 Å². The lowest BCUT2D eigenvalue weighted by atomic mass is 9.37. The molecule has 6 aliphatic heterocycles. The Labute approximate surface area is 521 Å². The molecule has 0 saturated heterocycles. The SMILES string of the molecule is c1ccc(-c2ccc3c(c2)c2cccc4c2n3-c2cccc3c2B4c2ccccc2-3)cc1.c1ccc(-c2cccc3c2c2cccc4c2n3-c2cccc3c2B4c2ccccc2-3)cc1.c1ccc2c(c1)B1c3c-2cccc3-n2c3ccccc3c3cccc1c32. The second-order valence-electron chi connectivity index (χ2n) is 25.2. The van der Waals surface area contributed by atoms with E-state index in [9.17, 15) is 0 Å². The summed E-state index contributed by atoms with van der Waals surface area (Å²) in [5, 5.41) is 8.07. The van der Waals surface area contributed by atoms with Crippen LogP contribution in [-0.2, 0) is 0 Å². The smallest absolute Gasteiger partial charge is 0.248 e. The molecule has 0 unspecified atom stereocenters. The summed E-state index contributed by atoms with van der Waals surface area (Å²) in [7, 11) is 0. The van der Waals surface area contributed by atoms with Crippen molar-refractivity contribution >= 4 is 135 Å². The van der Waals surface area contributed by atoms with Gasteiger partial charge in [-0.1, -0.05) is 277 Å². The van der Waals surface area contributed by atoms with E-state index in [4.69, 9.17) is 0 Å². The van der Waals surface area contributed by atoms with Crippen molar-refractivity contribution < 1.29 is 0 Å². The highest BCUT2D eigenvalue weighted by Gasteiger charge is 2.44. The van der Waals surface area contributed by atoms with Gasteiger partial charge in [0, 0.05) is 65.9 Å². The summed E-state index contributed by atoms with van der Waals surface area (Å²) >= 11 is 0. The zero-order chi connectivity index (χ0) is 58.4. The molecule has 9 heterocycles. The minimum Gasteiger partial charge on any atom is -0.310 e. The van der Waals surface area contributed by atoms with E-state index >= 15 is 0 Å². The van der Waals surface area contributed by atoms with Crippen LogP contribution in [0.4, 0.5) is 0 Å². The van der Waals surface area contributed by atoms with Crippen LogP contribution in [0, 0.1) is 0 Å². The molecule has 0 bridgehead atoms. The fourth-order valence-electron chi connectivity index (χ4n) is 17.7. The molecule has 23 rings (SSSR count). The summed E-state index contributed by atoms with van der Waals surface area (Å²) in [4.78, 5) is 0. The highest BCUT2D eigenvalue weighted by atomic mass is 15.0. The van der Waals surface area contributed by atoms with E-state index in [0.717, 1.165) is 0 Å². The van der Waals surface area contributed by atoms with Gasteiger partial charge in [0.05, 0.1) is 16.6 Å². The highest BCUT2D eigenvalue weighted by molar-refractivity contribution is 7.03. The van der Waals surface area contributed by atoms with Crippen LogP contribution in [0.5, 0.6) is 0 Å². The molecule has 90 heavy (non-hydrogen) atoms. The molecule has 0 spiro atoms. The third-order valence-corrected chi connectivity index (χ3v) is 21.0. The normalized spacial score (nSPS) is 13.0. The Morgan fingerprint density at radius 2 is 0.556 bits per heavy atom. The molecule has 3 aromatic heterocycles. The van der Waals surface area contributed by atoms with Crippen molar-refractivity contribution in [2.45, 2.75) is 0 Å². The molecule has 0 atom stereocenters. The maximum atomic E-state index is 2.52. The zero-order valence-corrected chi connectivity index (χ0v) is 48.9. The zero-order valence-electron chi connectivity index (χ0n) is 48.9. The number of fused-ring (bicyclic) bond motifs is 24. The molecule has 0 N–H and O–H groups in total. The van der Waals surface area contributed by atoms with Crippen molar-refractivity contribution in [3.63, 3.8) is 0 Å². The number of benzene rings is 14. The standard InChI is InChI=1S/2C30H18BN.C24H14BN/c1-2-9-19(10-3-1)20-12-7-17-26-28(20)23-14-6-16-25-30(23)32(26)27-18-8-13-22-21-11-4-5-15-24(21)31(25)29(22)27;1-2-8-19(9-3-1)20-16-17-27-24(18-20)23-12-6-14-26-30(23)32(27)28-15-7-11-22-21-10-4-5-13-25(21)31(26)29(22)28;1-3-11-19-15(7-1)17-9-6-14-22-23(17)25(19)20-12-5-10-18-16-8-2-4-13-21(16)26(22)24(18)20/h2*1-18H;1-14H. The van der Waals surface area contributed by atoms with Crippen molar-refractivity contribution in [1.82, 2.24) is 13.7 Å². The van der Waals surface area contributed by atoms with E-state index in [1.54, 1.807) is 0 Å². The maximum Gasteiger partial charge on any atom is 0.248 e. The van der Waals surface area contributed by atoms with Gasteiger partial charge in [0.1, 0.15) is 0 Å². The molecular formula is C84H50B3N3. The molecule has 0 aliphatic carbocycles. The third-order valence-electron chi connectivity index (χ3n) is 21.0. The Balaban J connectivity index is 0.0000000922. The van der Waals surface area contributed by atoms with Crippen LogP contribution in [0.25, 0.3) is 138 Å². The molecule has 6 heteroatoms. The van der Waals surface area contributed by atoms with Crippen LogP contribution >= 0.6 is 0 Å². The number of para-hydroxylation sites is 4. The average molecular weight is 1130 g/mol. The lowest BCUT2D eigenvalue weighted by Gasteiger charge is -2.24. The van der Waals surface area contributed by atoms with Crippen molar-refractivity contribution in [2.75, 3.05) is 0 Å². The summed E-state index contributed by atoms with van der Waals surface area (Å²) in [6.45, 7) is 0.961. The molecule has 410 valence electrons. The van der Waals surface area contributed by atoms with Crippen LogP contribution in [-0.4, -0.2) is 33.8 Å². The highest BCUT2D eigenvalue weighted by Crippen LogP contribution is 2.43. The third kappa shape index (κ3) is 6.32. The summed E-state index contributed by atoms with van der Waals surface area (Å²) in [6, 6.07) is 112. The summed E-state index contributed by atoms with van der Waals surface area (Å²) in [5.41, 5.74) is 38.3. The van der Waals surface area contributed by atoms with E-state index in [1.807, 2.05) is 0 Å². The second kappa shape index (κ2) is 18.1. The minimum atomic E-state index is 0.304. The van der Waals surface area contributed by atoms with Gasteiger partial charge in [-0.2, -0.15) is 0 Å². The summed E-state index contributed by atoms with van der Waals surface area (Å²) < 4.78 is 7.52. The molecule has 0 amide bonds. The van der Waals surface area contributed by atoms with Crippen LogP contribution in [0.3, 0.4) is 0 Å². The van der Waals surface area contributed by atoms with Crippen molar-refractivity contribution in [3.8, 4) is 72.7 Å². The Hall–Kier alpha value is -11.3. The lowest BCUT2D eigenvalue weighted by molar-refractivity contribution is 1.19. The van der Waals surface area contributed by atoms with Crippen LogP contribution in [0.1, 0.15) is 0 Å². The van der Waals surface area contributed by atoms with Gasteiger partial charge >= 0.3 is 0 Å². The fourth-order valence-corrected chi connectivity index (χ4v) is 17.7. The predicted octanol–water partition coefficient (Wildman–Crippen LogP) is 14.1. The molecule has 3 nitrogen and oxygen atoms in total. The van der Waals surface area contributed by atoms with Crippen LogP contribution in [0.15, 0.2) is 303 Å². The number of rotatable bonds is 2. The van der Waals surface area contributed by atoms with E-state index in [0.29, 0.717) is 20.1 Å². The molecule has 0 radical (unpaired) electrons. The number of nitrogens with zero attached hydrogens (tertiary/aromatic N) is 3. The van der Waals surface area contributed by atoms with Gasteiger partial charge in [-0.3, -0.25) is 0 Å². The van der Waals surface area contributed by atoms with Gasteiger partial charge in [-0.15, -0.1) is 0 Å². The lowest BCUT2D eigenvalue weighted by Crippen LogP contribution is -2.53. The molecular weight excluding hydrogens is 1080 g/mol. The maximum absolute atomic E-state index is 2.52. The molecule has 0 fully saturated rings. The van der Waals surface area contributed by atoms with Gasteiger partial charge < -0.3 is 13.7 Å². The predicted molar refractivity (Wildman–Crippen MR) is 383 cm³/mol. The first-order valence-electron chi connectivity index (χ1n) is 31.7. The average Bonchev–Trinajstić information content (AvgIpc) is 1.55. The Bertz CT molecular complexity index is 6010. The van der Waals surface area contributed by atoms with E-state index in [2.05, 4.69) is 317 Å². The van der Waals surface area contributed by atoms with E-state index in [1.165, 1.54) is 187 Å². The monoisotopic (exact) mass is 1130 g/mol. The molecule has 6 aliphatic rings. The van der Waals surface area contributed by atoms with Crippen LogP contribution in [0.2, 0.25) is 0 Å². The van der Waals surface area contributed by atoms with Crippen molar-refractivity contribution in [3.05, 3.63) is 303 Å². The Morgan fingerprint density at radius 3 is 1.10 bits per heavy atom. The summed E-state index contributed by atoms with van der Waals surface area (Å²) in [6.07, 6.45) is 0. The number of hydrogen-bond donors (Lipinski definition) is 0. The largest absolute Gasteiger partial charge is 0.310 e. The topological polar surface area (TPSA) is 14.8 Å². The van der Waals surface area contributed by atoms with Crippen molar-refractivity contribution in [2.24, 2.45) is 0 Å². The van der Waals surface area contributed by atoms with Gasteiger partial charge in [0.15, 0.2) is 0 Å². The van der Waals surface area contributed by atoms with E-state index in [-0.39, 0.29) is 0 Å². The van der Waals surface area contributed by atoms with Gasteiger partial charge in [-0.25, -0.2) is 0 Å². The fraction of sp³-hybridized carbons (Fsp3) is 0. The van der Waals surface area contributed by atoms with Gasteiger partial charge in [-0.05, 0) is 131 Å². The quantitative estimate of drug-likeness (QED) is 0.153.